The summed E-state index contributed by atoms with van der Waals surface area (Å²) in [6.07, 6.45) is 1.09. The number of hydrogen-bond acceptors (Lipinski definition) is 5. The van der Waals surface area contributed by atoms with Gasteiger partial charge in [-0.05, 0) is 37.1 Å². The van der Waals surface area contributed by atoms with Gasteiger partial charge in [0.2, 0.25) is 5.95 Å². The van der Waals surface area contributed by atoms with E-state index in [4.69, 9.17) is 9.47 Å². The van der Waals surface area contributed by atoms with Crippen molar-refractivity contribution in [2.24, 2.45) is 0 Å². The Morgan fingerprint density at radius 2 is 1.93 bits per heavy atom. The number of fused-ring (bicyclic) bond motifs is 2. The Morgan fingerprint density at radius 1 is 1.10 bits per heavy atom. The molecule has 0 aliphatic heterocycles. The summed E-state index contributed by atoms with van der Waals surface area (Å²) in [6.45, 7) is 1.88. The number of para-hydroxylation sites is 2. The van der Waals surface area contributed by atoms with Crippen LogP contribution in [-0.4, -0.2) is 39.8 Å². The molecule has 7 heteroatoms. The minimum Gasteiger partial charge on any atom is -0.497 e. The van der Waals surface area contributed by atoms with Crippen LogP contribution in [0.3, 0.4) is 0 Å². The number of carbonyl (C=O) groups excluding carboxylic acids is 1. The van der Waals surface area contributed by atoms with E-state index in [0.29, 0.717) is 24.4 Å². The molecule has 7 nitrogen and oxygen atoms in total. The number of aromatic nitrogens is 4. The number of nitrogens with one attached hydrogen (secondary N) is 1. The van der Waals surface area contributed by atoms with Crippen molar-refractivity contribution < 1.29 is 14.3 Å². The van der Waals surface area contributed by atoms with E-state index in [1.807, 2.05) is 49.4 Å². The van der Waals surface area contributed by atoms with Gasteiger partial charge in [-0.15, -0.1) is 0 Å². The topological polar surface area (TPSA) is 82.0 Å². The average Bonchev–Trinajstić information content (AvgIpc) is 3.34. The van der Waals surface area contributed by atoms with Crippen molar-refractivity contribution in [1.29, 1.82) is 0 Å². The Morgan fingerprint density at radius 3 is 2.70 bits per heavy atom. The third-order valence-corrected chi connectivity index (χ3v) is 5.76. The SMILES string of the molecule is COc1ccc([C@@H]2CC(=O)c3c(C)nn(-c4nc5ccccc5[nH]4)c3C2)c(OC)c1. The van der Waals surface area contributed by atoms with Gasteiger partial charge < -0.3 is 14.5 Å². The van der Waals surface area contributed by atoms with E-state index in [2.05, 4.69) is 15.1 Å². The molecule has 0 spiro atoms. The smallest absolute Gasteiger partial charge is 0.229 e. The summed E-state index contributed by atoms with van der Waals surface area (Å²) in [5, 5.41) is 4.66. The lowest BCUT2D eigenvalue weighted by atomic mass is 9.81. The van der Waals surface area contributed by atoms with Crippen LogP contribution in [0.15, 0.2) is 42.5 Å². The van der Waals surface area contributed by atoms with Crippen LogP contribution in [0.25, 0.3) is 17.0 Å². The maximum Gasteiger partial charge on any atom is 0.229 e. The molecule has 0 bridgehead atoms. The van der Waals surface area contributed by atoms with Crippen molar-refractivity contribution in [3.05, 3.63) is 65.0 Å². The van der Waals surface area contributed by atoms with Gasteiger partial charge >= 0.3 is 0 Å². The number of nitrogens with zero attached hydrogens (tertiary/aromatic N) is 3. The summed E-state index contributed by atoms with van der Waals surface area (Å²) in [6, 6.07) is 13.6. The van der Waals surface area contributed by atoms with E-state index >= 15 is 0 Å². The fourth-order valence-electron chi connectivity index (χ4n) is 4.35. The molecule has 0 saturated heterocycles. The highest BCUT2D eigenvalue weighted by Gasteiger charge is 2.34. The molecule has 152 valence electrons. The number of aromatic amines is 1. The molecule has 4 aromatic rings. The average molecular weight is 402 g/mol. The van der Waals surface area contributed by atoms with Crippen LogP contribution >= 0.6 is 0 Å². The summed E-state index contributed by atoms with van der Waals surface area (Å²) in [7, 11) is 3.26. The lowest BCUT2D eigenvalue weighted by molar-refractivity contribution is 0.0963. The Kier molecular flexibility index (Phi) is 4.31. The second-order valence-corrected chi connectivity index (χ2v) is 7.53. The van der Waals surface area contributed by atoms with Gasteiger partial charge in [0.05, 0.1) is 42.2 Å². The monoisotopic (exact) mass is 402 g/mol. The van der Waals surface area contributed by atoms with Gasteiger partial charge in [-0.2, -0.15) is 5.10 Å². The van der Waals surface area contributed by atoms with Crippen LogP contribution in [-0.2, 0) is 6.42 Å². The minimum atomic E-state index is -0.00918. The maximum atomic E-state index is 13.1. The fourth-order valence-corrected chi connectivity index (χ4v) is 4.35. The quantitative estimate of drug-likeness (QED) is 0.558. The van der Waals surface area contributed by atoms with Gasteiger partial charge in [-0.25, -0.2) is 9.67 Å². The van der Waals surface area contributed by atoms with Gasteiger partial charge in [0.1, 0.15) is 11.5 Å². The zero-order valence-electron chi connectivity index (χ0n) is 17.1. The third-order valence-electron chi connectivity index (χ3n) is 5.76. The molecule has 1 atom stereocenters. The van der Waals surface area contributed by atoms with Crippen LogP contribution in [0.4, 0.5) is 0 Å². The summed E-state index contributed by atoms with van der Waals surface area (Å²) >= 11 is 0. The van der Waals surface area contributed by atoms with Gasteiger partial charge in [-0.3, -0.25) is 4.79 Å². The Labute approximate surface area is 173 Å². The standard InChI is InChI=1S/C23H22N4O3/c1-13-22-19(27(26-13)23-24-17-6-4-5-7-18(17)25-23)10-14(11-20(22)28)16-9-8-15(29-2)12-21(16)30-3/h4-9,12,14H,10-11H2,1-3H3,(H,24,25)/t14-/m0/s1. The molecular formula is C23H22N4O3. The zero-order chi connectivity index (χ0) is 20.8. The lowest BCUT2D eigenvalue weighted by Crippen LogP contribution is -2.21. The largest absolute Gasteiger partial charge is 0.497 e. The first-order chi connectivity index (χ1) is 14.6. The third kappa shape index (κ3) is 2.85. The fraction of sp³-hybridized carbons (Fsp3) is 0.261. The number of ketones is 1. The van der Waals surface area contributed by atoms with Gasteiger partial charge in [0, 0.05) is 18.4 Å². The Bertz CT molecular complexity index is 1240. The number of carbonyl (C=O) groups is 1. The van der Waals surface area contributed by atoms with Crippen molar-refractivity contribution in [2.45, 2.75) is 25.7 Å². The summed E-state index contributed by atoms with van der Waals surface area (Å²) in [5.41, 5.74) is 5.11. The molecule has 30 heavy (non-hydrogen) atoms. The second-order valence-electron chi connectivity index (χ2n) is 7.53. The molecular weight excluding hydrogens is 380 g/mol. The van der Waals surface area contributed by atoms with E-state index in [1.54, 1.807) is 18.9 Å². The highest BCUT2D eigenvalue weighted by atomic mass is 16.5. The number of ether oxygens (including phenoxy) is 2. The summed E-state index contributed by atoms with van der Waals surface area (Å²) < 4.78 is 12.7. The van der Waals surface area contributed by atoms with Crippen LogP contribution in [0.5, 0.6) is 11.5 Å². The number of H-pyrrole nitrogens is 1. The minimum absolute atomic E-state index is 0.00918. The maximum absolute atomic E-state index is 13.1. The molecule has 0 fully saturated rings. The highest BCUT2D eigenvalue weighted by molar-refractivity contribution is 6.00. The van der Waals surface area contributed by atoms with E-state index in [-0.39, 0.29) is 11.7 Å². The number of hydrogen-bond donors (Lipinski definition) is 1. The number of rotatable bonds is 4. The molecule has 0 amide bonds. The number of aryl methyl sites for hydroxylation is 1. The van der Waals surface area contributed by atoms with E-state index < -0.39 is 0 Å². The molecule has 0 unspecified atom stereocenters. The van der Waals surface area contributed by atoms with Crippen molar-refractivity contribution in [2.75, 3.05) is 14.2 Å². The van der Waals surface area contributed by atoms with Gasteiger partial charge in [0.15, 0.2) is 5.78 Å². The summed E-state index contributed by atoms with van der Waals surface area (Å²) in [5.74, 6) is 2.16. The molecule has 1 N–H and O–H groups in total. The molecule has 2 aromatic heterocycles. The summed E-state index contributed by atoms with van der Waals surface area (Å²) in [4.78, 5) is 21.1. The van der Waals surface area contributed by atoms with E-state index in [1.165, 1.54) is 0 Å². The first-order valence-electron chi connectivity index (χ1n) is 9.87. The first-order valence-corrected chi connectivity index (χ1v) is 9.87. The molecule has 0 saturated carbocycles. The number of imidazole rings is 1. The van der Waals surface area contributed by atoms with Crippen molar-refractivity contribution in [3.8, 4) is 17.4 Å². The Hall–Kier alpha value is -3.61. The predicted molar refractivity (Wildman–Crippen MR) is 113 cm³/mol. The van der Waals surface area contributed by atoms with Crippen LogP contribution < -0.4 is 9.47 Å². The second kappa shape index (κ2) is 7.02. The first kappa shape index (κ1) is 18.4. The predicted octanol–water partition coefficient (Wildman–Crippen LogP) is 3.99. The number of methoxy groups -OCH3 is 2. The van der Waals surface area contributed by atoms with Crippen molar-refractivity contribution in [3.63, 3.8) is 0 Å². The normalized spacial score (nSPS) is 16.0. The number of Topliss-reactive ketones (excluding diaryl/α,β-unsaturated/α-hetero) is 1. The molecule has 1 aliphatic carbocycles. The molecule has 2 aromatic carbocycles. The number of benzene rings is 2. The lowest BCUT2D eigenvalue weighted by Gasteiger charge is -2.24. The van der Waals surface area contributed by atoms with Gasteiger partial charge in [-0.1, -0.05) is 18.2 Å². The van der Waals surface area contributed by atoms with Crippen molar-refractivity contribution >= 4 is 16.8 Å². The van der Waals surface area contributed by atoms with Crippen LogP contribution in [0.1, 0.15) is 39.6 Å². The molecule has 0 radical (unpaired) electrons. The van der Waals surface area contributed by atoms with Gasteiger partial charge in [0.25, 0.3) is 0 Å². The molecule has 5 rings (SSSR count). The molecule has 1 aliphatic rings. The zero-order valence-corrected chi connectivity index (χ0v) is 17.1. The van der Waals surface area contributed by atoms with Crippen LogP contribution in [0, 0.1) is 6.92 Å². The van der Waals surface area contributed by atoms with Crippen LogP contribution in [0.2, 0.25) is 0 Å². The highest BCUT2D eigenvalue weighted by Crippen LogP contribution is 2.39. The Balaban J connectivity index is 1.60. The van der Waals surface area contributed by atoms with E-state index in [0.717, 1.165) is 39.5 Å². The molecule has 2 heterocycles. The van der Waals surface area contributed by atoms with Crippen molar-refractivity contribution in [1.82, 2.24) is 19.7 Å². The van der Waals surface area contributed by atoms with E-state index in [9.17, 15) is 4.79 Å².